The number of aliphatic hydroxyl groups excluding tert-OH is 2. The first-order valence-electron chi connectivity index (χ1n) is 31.0. The first-order chi connectivity index (χ1) is 44.0. The standard InChI is InChI=1S/2C19H23NO3.C19H21NO3.C11H15NO2.C8H8O.CH4/c3*1-4-20(5-2)14-10-11-17(18(22)12-14)19(23)16-9-7-6-8-15(16)13(3)21;1-3-12(4-2)10-6-5-9(8-13)11(14)7-10;1-7(9)8-5-3-2-4-6-8;/h2*6-12,19,22-23H,4-5H2,1-3H3;6-12,22H,4-5H2,1-3H3;5-8,14H,3-4H2,1-2H3;2-6H,1H3;1H4. The zero-order valence-electron chi connectivity index (χ0n) is 55.1. The number of benzene rings is 8. The second-order valence-electron chi connectivity index (χ2n) is 21.2. The van der Waals surface area contributed by atoms with Gasteiger partial charge < -0.3 is 50.2 Å². The van der Waals surface area contributed by atoms with Gasteiger partial charge in [0, 0.05) is 138 Å². The summed E-state index contributed by atoms with van der Waals surface area (Å²) in [6.45, 7) is 29.0. The molecule has 494 valence electrons. The lowest BCUT2D eigenvalue weighted by Gasteiger charge is -2.23. The Labute approximate surface area is 549 Å². The number of phenolic OH excluding ortho intramolecular Hbond substituents is 4. The predicted molar refractivity (Wildman–Crippen MR) is 376 cm³/mol. The van der Waals surface area contributed by atoms with Gasteiger partial charge in [0.15, 0.2) is 35.2 Å². The highest BCUT2D eigenvalue weighted by atomic mass is 16.3. The van der Waals surface area contributed by atoms with Crippen molar-refractivity contribution in [2.24, 2.45) is 0 Å². The van der Waals surface area contributed by atoms with Crippen molar-refractivity contribution < 1.29 is 59.4 Å². The molecule has 0 bridgehead atoms. The number of aliphatic hydroxyl groups is 2. The molecule has 0 aliphatic rings. The average Bonchev–Trinajstić information content (AvgIpc) is 0.859. The van der Waals surface area contributed by atoms with Crippen molar-refractivity contribution in [1.29, 1.82) is 0 Å². The van der Waals surface area contributed by atoms with Gasteiger partial charge in [-0.05, 0) is 131 Å². The highest BCUT2D eigenvalue weighted by Crippen LogP contribution is 2.36. The Morgan fingerprint density at radius 1 is 0.344 bits per heavy atom. The van der Waals surface area contributed by atoms with Crippen molar-refractivity contribution in [2.45, 2.75) is 103 Å². The van der Waals surface area contributed by atoms with Crippen molar-refractivity contribution in [2.75, 3.05) is 72.0 Å². The van der Waals surface area contributed by atoms with Crippen LogP contribution in [0.25, 0.3) is 0 Å². The Hall–Kier alpha value is -9.90. The Morgan fingerprint density at radius 3 is 0.968 bits per heavy atom. The largest absolute Gasteiger partial charge is 0.507 e. The fourth-order valence-electron chi connectivity index (χ4n) is 10.3. The molecule has 8 aromatic rings. The number of nitrogens with zero attached hydrogens (tertiary/aromatic N) is 4. The number of ketones is 5. The number of Topliss-reactive ketones (excluding diaryl/α,β-unsaturated/α-hetero) is 4. The maximum Gasteiger partial charge on any atom is 0.197 e. The number of aldehydes is 1. The maximum atomic E-state index is 12.7. The molecule has 2 unspecified atom stereocenters. The summed E-state index contributed by atoms with van der Waals surface area (Å²) in [6, 6.07) is 50.3. The van der Waals surface area contributed by atoms with E-state index >= 15 is 0 Å². The summed E-state index contributed by atoms with van der Waals surface area (Å²) in [4.78, 5) is 77.4. The van der Waals surface area contributed by atoms with Gasteiger partial charge in [0.1, 0.15) is 35.2 Å². The zero-order chi connectivity index (χ0) is 68.2. The van der Waals surface area contributed by atoms with Crippen LogP contribution in [0.5, 0.6) is 23.0 Å². The summed E-state index contributed by atoms with van der Waals surface area (Å²) >= 11 is 0. The molecule has 0 heterocycles. The summed E-state index contributed by atoms with van der Waals surface area (Å²) < 4.78 is 0. The van der Waals surface area contributed by atoms with Gasteiger partial charge in [-0.2, -0.15) is 0 Å². The van der Waals surface area contributed by atoms with E-state index in [-0.39, 0.29) is 64.9 Å². The summed E-state index contributed by atoms with van der Waals surface area (Å²) in [7, 11) is 0. The van der Waals surface area contributed by atoms with Crippen LogP contribution >= 0.6 is 0 Å². The predicted octanol–water partition coefficient (Wildman–Crippen LogP) is 15.3. The molecule has 2 atom stereocenters. The van der Waals surface area contributed by atoms with Crippen LogP contribution in [0.3, 0.4) is 0 Å². The van der Waals surface area contributed by atoms with E-state index in [1.807, 2.05) is 110 Å². The third kappa shape index (κ3) is 21.3. The molecule has 0 saturated carbocycles. The normalized spacial score (nSPS) is 10.9. The third-order valence-electron chi connectivity index (χ3n) is 15.5. The van der Waals surface area contributed by atoms with Gasteiger partial charge in [0.2, 0.25) is 0 Å². The number of aromatic hydroxyl groups is 4. The van der Waals surface area contributed by atoms with E-state index in [0.29, 0.717) is 56.4 Å². The van der Waals surface area contributed by atoms with Crippen molar-refractivity contribution >= 4 is 58.0 Å². The van der Waals surface area contributed by atoms with Crippen LogP contribution in [-0.2, 0) is 0 Å². The molecule has 0 aliphatic carbocycles. The lowest BCUT2D eigenvalue weighted by Crippen LogP contribution is -2.21. The minimum absolute atomic E-state index is 0. The number of hydrogen-bond donors (Lipinski definition) is 6. The van der Waals surface area contributed by atoms with Gasteiger partial charge in [-0.15, -0.1) is 0 Å². The Kier molecular flexibility index (Phi) is 32.2. The van der Waals surface area contributed by atoms with Crippen molar-refractivity contribution in [3.8, 4) is 23.0 Å². The third-order valence-corrected chi connectivity index (χ3v) is 15.5. The van der Waals surface area contributed by atoms with E-state index < -0.39 is 12.2 Å². The quantitative estimate of drug-likeness (QED) is 0.0258. The van der Waals surface area contributed by atoms with Crippen LogP contribution in [0.4, 0.5) is 22.7 Å². The van der Waals surface area contributed by atoms with Gasteiger partial charge >= 0.3 is 0 Å². The summed E-state index contributed by atoms with van der Waals surface area (Å²) in [5.41, 5.74) is 8.35. The molecule has 0 aromatic heterocycles. The van der Waals surface area contributed by atoms with Crippen LogP contribution in [-0.4, -0.2) is 118 Å². The molecule has 0 saturated heterocycles. The van der Waals surface area contributed by atoms with Gasteiger partial charge in [-0.25, -0.2) is 0 Å². The van der Waals surface area contributed by atoms with E-state index in [2.05, 4.69) is 19.6 Å². The number of carbonyl (C=O) groups excluding carboxylic acids is 6. The van der Waals surface area contributed by atoms with E-state index in [1.54, 1.807) is 128 Å². The molecule has 0 amide bonds. The summed E-state index contributed by atoms with van der Waals surface area (Å²) in [5.74, 6) is -0.594. The highest BCUT2D eigenvalue weighted by Gasteiger charge is 2.23. The molecule has 0 aliphatic heterocycles. The number of phenols is 4. The fraction of sp³-hybridized carbons (Fsp3) is 0.299. The number of carbonyl (C=O) groups is 6. The zero-order valence-corrected chi connectivity index (χ0v) is 55.1. The molecule has 6 N–H and O–H groups in total. The first kappa shape index (κ1) is 77.3. The molecule has 8 rings (SSSR count). The topological polar surface area (TPSA) is 237 Å². The highest BCUT2D eigenvalue weighted by molar-refractivity contribution is 6.16. The van der Waals surface area contributed by atoms with Crippen LogP contribution in [0, 0.1) is 0 Å². The van der Waals surface area contributed by atoms with Crippen LogP contribution in [0.1, 0.15) is 193 Å². The molecule has 0 fully saturated rings. The molecule has 8 aromatic carbocycles. The van der Waals surface area contributed by atoms with E-state index in [9.17, 15) is 59.4 Å². The Bertz CT molecular complexity index is 3600. The van der Waals surface area contributed by atoms with E-state index in [1.165, 1.54) is 20.8 Å². The van der Waals surface area contributed by atoms with Crippen LogP contribution in [0.2, 0.25) is 0 Å². The second kappa shape index (κ2) is 38.7. The maximum absolute atomic E-state index is 12.7. The molecule has 0 radical (unpaired) electrons. The Balaban J connectivity index is 0.000000312. The van der Waals surface area contributed by atoms with Crippen molar-refractivity contribution in [1.82, 2.24) is 0 Å². The Morgan fingerprint density at radius 2 is 0.656 bits per heavy atom. The molecule has 93 heavy (non-hydrogen) atoms. The lowest BCUT2D eigenvalue weighted by atomic mass is 9.94. The lowest BCUT2D eigenvalue weighted by molar-refractivity contribution is 0.0989. The van der Waals surface area contributed by atoms with E-state index in [4.69, 9.17) is 0 Å². The smallest absolute Gasteiger partial charge is 0.197 e. The first-order valence-corrected chi connectivity index (χ1v) is 31.0. The minimum Gasteiger partial charge on any atom is -0.507 e. The molecular weight excluding hydrogens is 1170 g/mol. The van der Waals surface area contributed by atoms with Gasteiger partial charge in [0.25, 0.3) is 0 Å². The molecular formula is C77H94N4O12. The van der Waals surface area contributed by atoms with E-state index in [0.717, 1.165) is 80.7 Å². The molecule has 16 nitrogen and oxygen atoms in total. The number of anilines is 4. The number of rotatable bonds is 23. The average molecular weight is 1270 g/mol. The summed E-state index contributed by atoms with van der Waals surface area (Å²) in [5, 5.41) is 61.6. The van der Waals surface area contributed by atoms with Crippen LogP contribution in [0.15, 0.2) is 176 Å². The SMILES string of the molecule is C.CC(=O)c1ccccc1.CCN(CC)c1ccc(C(=O)c2ccccc2C(C)=O)c(O)c1.CCN(CC)c1ccc(C(O)c2ccccc2C(C)=O)c(O)c1.CCN(CC)c1ccc(C(O)c2ccccc2C(C)=O)c(O)c1.CCN(CC)c1ccc(C=O)c(O)c1. The monoisotopic (exact) mass is 1270 g/mol. The minimum atomic E-state index is -1.04. The second-order valence-corrected chi connectivity index (χ2v) is 21.2. The molecule has 0 spiro atoms. The molecule has 16 heteroatoms. The van der Waals surface area contributed by atoms with Crippen molar-refractivity contribution in [3.05, 3.63) is 237 Å². The van der Waals surface area contributed by atoms with Gasteiger partial charge in [0.05, 0.1) is 11.1 Å². The van der Waals surface area contributed by atoms with Crippen molar-refractivity contribution in [3.63, 3.8) is 0 Å². The fourth-order valence-corrected chi connectivity index (χ4v) is 10.3. The van der Waals surface area contributed by atoms with Gasteiger partial charge in [-0.1, -0.05) is 123 Å². The number of hydrogen-bond acceptors (Lipinski definition) is 16. The summed E-state index contributed by atoms with van der Waals surface area (Å²) in [6.07, 6.45) is -1.43. The van der Waals surface area contributed by atoms with Gasteiger partial charge in [-0.3, -0.25) is 28.8 Å². The van der Waals surface area contributed by atoms with Crippen LogP contribution < -0.4 is 19.6 Å².